The molecule has 0 saturated heterocycles. The molecule has 1 amide bonds. The molecule has 2 rings (SSSR count). The summed E-state index contributed by atoms with van der Waals surface area (Å²) < 4.78 is 5.04. The van der Waals surface area contributed by atoms with Crippen LogP contribution in [0, 0.1) is 0 Å². The van der Waals surface area contributed by atoms with E-state index in [0.717, 1.165) is 0 Å². The fourth-order valence-electron chi connectivity index (χ4n) is 1.69. The van der Waals surface area contributed by atoms with E-state index in [1.54, 1.807) is 30.3 Å². The molecule has 5 nitrogen and oxygen atoms in total. The largest absolute Gasteiger partial charge is 0.545 e. The summed E-state index contributed by atoms with van der Waals surface area (Å²) in [7, 11) is 1.51. The van der Waals surface area contributed by atoms with Crippen molar-refractivity contribution in [2.45, 2.75) is 0 Å². The smallest absolute Gasteiger partial charge is 0.255 e. The number of rotatable bonds is 4. The lowest BCUT2D eigenvalue weighted by molar-refractivity contribution is -0.255. The first-order chi connectivity index (χ1) is 9.60. The summed E-state index contributed by atoms with van der Waals surface area (Å²) in [4.78, 5) is 22.8. The van der Waals surface area contributed by atoms with E-state index >= 15 is 0 Å². The fourth-order valence-corrected chi connectivity index (χ4v) is 1.69. The van der Waals surface area contributed by atoms with Gasteiger partial charge in [0.05, 0.1) is 13.1 Å². The molecule has 0 saturated carbocycles. The van der Waals surface area contributed by atoms with Gasteiger partial charge >= 0.3 is 0 Å². The predicted molar refractivity (Wildman–Crippen MR) is 71.7 cm³/mol. The predicted octanol–water partition coefficient (Wildman–Crippen LogP) is 1.31. The third-order valence-electron chi connectivity index (χ3n) is 2.69. The number of aromatic carboxylic acids is 1. The summed E-state index contributed by atoms with van der Waals surface area (Å²) in [6, 6.07) is 12.5. The van der Waals surface area contributed by atoms with Gasteiger partial charge in [-0.05, 0) is 35.9 Å². The third-order valence-corrected chi connectivity index (χ3v) is 2.69. The number of nitrogens with one attached hydrogen (secondary N) is 1. The second kappa shape index (κ2) is 5.88. The minimum absolute atomic E-state index is 0.00782. The van der Waals surface area contributed by atoms with E-state index in [1.165, 1.54) is 25.3 Å². The Kier molecular flexibility index (Phi) is 4.00. The summed E-state index contributed by atoms with van der Waals surface area (Å²) >= 11 is 0. The van der Waals surface area contributed by atoms with Gasteiger partial charge in [-0.3, -0.25) is 4.79 Å². The molecule has 0 radical (unpaired) electrons. The lowest BCUT2D eigenvalue weighted by Gasteiger charge is -2.08. The van der Waals surface area contributed by atoms with Crippen molar-refractivity contribution < 1.29 is 19.4 Å². The molecule has 0 unspecified atom stereocenters. The van der Waals surface area contributed by atoms with Gasteiger partial charge < -0.3 is 20.0 Å². The fraction of sp³-hybridized carbons (Fsp3) is 0.0667. The minimum Gasteiger partial charge on any atom is -0.545 e. The van der Waals surface area contributed by atoms with Gasteiger partial charge in [-0.1, -0.05) is 18.2 Å². The van der Waals surface area contributed by atoms with Gasteiger partial charge in [0, 0.05) is 11.3 Å². The number of benzene rings is 2. The van der Waals surface area contributed by atoms with Crippen LogP contribution in [-0.2, 0) is 0 Å². The molecule has 0 aliphatic heterocycles. The molecule has 102 valence electrons. The summed E-state index contributed by atoms with van der Waals surface area (Å²) in [5.74, 6) is -1.07. The Hall–Kier alpha value is -2.82. The lowest BCUT2D eigenvalue weighted by atomic mass is 10.1. The van der Waals surface area contributed by atoms with Crippen LogP contribution >= 0.6 is 0 Å². The van der Waals surface area contributed by atoms with E-state index in [0.29, 0.717) is 17.0 Å². The number of methoxy groups -OCH3 is 1. The number of carbonyl (C=O) groups excluding carboxylic acids is 2. The number of anilines is 1. The molecule has 20 heavy (non-hydrogen) atoms. The molecule has 0 heterocycles. The highest BCUT2D eigenvalue weighted by atomic mass is 16.5. The average molecular weight is 270 g/mol. The first-order valence-corrected chi connectivity index (χ1v) is 5.87. The Labute approximate surface area is 115 Å². The molecule has 0 atom stereocenters. The standard InChI is InChI=1S/C15H13NO4/c1-20-13-7-3-4-10(9-13)14(17)16-12-6-2-5-11(8-12)15(18)19/h2-9H,1H3,(H,16,17)(H,18,19)/p-1. The van der Waals surface area contributed by atoms with Gasteiger partial charge in [0.1, 0.15) is 5.75 Å². The van der Waals surface area contributed by atoms with E-state index < -0.39 is 5.97 Å². The highest BCUT2D eigenvalue weighted by Crippen LogP contribution is 2.15. The summed E-state index contributed by atoms with van der Waals surface area (Å²) in [6.07, 6.45) is 0. The number of amides is 1. The molecular formula is C15H12NO4-. The molecule has 1 N–H and O–H groups in total. The zero-order chi connectivity index (χ0) is 14.5. The number of hydrogen-bond acceptors (Lipinski definition) is 4. The normalized spacial score (nSPS) is 9.85. The lowest BCUT2D eigenvalue weighted by Crippen LogP contribution is -2.22. The van der Waals surface area contributed by atoms with Crippen molar-refractivity contribution in [1.29, 1.82) is 0 Å². The van der Waals surface area contributed by atoms with Crippen molar-refractivity contribution in [3.8, 4) is 5.75 Å². The second-order valence-electron chi connectivity index (χ2n) is 4.05. The van der Waals surface area contributed by atoms with Crippen LogP contribution in [0.3, 0.4) is 0 Å². The zero-order valence-electron chi connectivity index (χ0n) is 10.8. The number of hydrogen-bond donors (Lipinski definition) is 1. The monoisotopic (exact) mass is 270 g/mol. The zero-order valence-corrected chi connectivity index (χ0v) is 10.8. The maximum atomic E-state index is 12.0. The summed E-state index contributed by atoms with van der Waals surface area (Å²) in [5.41, 5.74) is 0.816. The Morgan fingerprint density at radius 1 is 1.05 bits per heavy atom. The van der Waals surface area contributed by atoms with E-state index in [9.17, 15) is 14.7 Å². The molecule has 0 aliphatic rings. The first kappa shape index (κ1) is 13.6. The van der Waals surface area contributed by atoms with Crippen LogP contribution in [0.15, 0.2) is 48.5 Å². The second-order valence-corrected chi connectivity index (χ2v) is 4.05. The van der Waals surface area contributed by atoms with Gasteiger partial charge in [0.2, 0.25) is 0 Å². The number of ether oxygens (including phenoxy) is 1. The number of carboxylic acid groups (broad SMARTS) is 1. The van der Waals surface area contributed by atoms with Crippen molar-refractivity contribution in [3.63, 3.8) is 0 Å². The summed E-state index contributed by atoms with van der Waals surface area (Å²) in [6.45, 7) is 0. The molecule has 5 heteroatoms. The molecule has 2 aromatic rings. The minimum atomic E-state index is -1.29. The Bertz CT molecular complexity index is 652. The van der Waals surface area contributed by atoms with Crippen molar-refractivity contribution in [2.24, 2.45) is 0 Å². The molecule has 0 bridgehead atoms. The third kappa shape index (κ3) is 3.14. The maximum Gasteiger partial charge on any atom is 0.255 e. The van der Waals surface area contributed by atoms with Gasteiger partial charge in [0.25, 0.3) is 5.91 Å². The Morgan fingerprint density at radius 3 is 2.45 bits per heavy atom. The van der Waals surface area contributed by atoms with Crippen LogP contribution < -0.4 is 15.2 Å². The highest BCUT2D eigenvalue weighted by molar-refractivity contribution is 6.05. The molecular weight excluding hydrogens is 258 g/mol. The topological polar surface area (TPSA) is 78.5 Å². The Morgan fingerprint density at radius 2 is 1.75 bits per heavy atom. The van der Waals surface area contributed by atoms with Crippen molar-refractivity contribution in [2.75, 3.05) is 12.4 Å². The molecule has 0 spiro atoms. The van der Waals surface area contributed by atoms with Crippen LogP contribution in [0.5, 0.6) is 5.75 Å². The van der Waals surface area contributed by atoms with E-state index in [1.807, 2.05) is 0 Å². The molecule has 0 aromatic heterocycles. The van der Waals surface area contributed by atoms with Gasteiger partial charge in [-0.2, -0.15) is 0 Å². The van der Waals surface area contributed by atoms with Crippen LogP contribution in [-0.4, -0.2) is 19.0 Å². The van der Waals surface area contributed by atoms with Crippen LogP contribution in [0.1, 0.15) is 20.7 Å². The van der Waals surface area contributed by atoms with Gasteiger partial charge in [-0.15, -0.1) is 0 Å². The van der Waals surface area contributed by atoms with Crippen molar-refractivity contribution in [3.05, 3.63) is 59.7 Å². The van der Waals surface area contributed by atoms with E-state index in [4.69, 9.17) is 4.74 Å². The van der Waals surface area contributed by atoms with Gasteiger partial charge in [-0.25, -0.2) is 0 Å². The maximum absolute atomic E-state index is 12.0. The van der Waals surface area contributed by atoms with Crippen molar-refractivity contribution in [1.82, 2.24) is 0 Å². The van der Waals surface area contributed by atoms with Crippen LogP contribution in [0.4, 0.5) is 5.69 Å². The molecule has 2 aromatic carbocycles. The SMILES string of the molecule is COc1cccc(C(=O)Nc2cccc(C(=O)[O-])c2)c1. The average Bonchev–Trinajstić information content (AvgIpc) is 2.47. The molecule has 0 fully saturated rings. The summed E-state index contributed by atoms with van der Waals surface area (Å²) in [5, 5.41) is 13.4. The van der Waals surface area contributed by atoms with E-state index in [2.05, 4.69) is 5.32 Å². The highest BCUT2D eigenvalue weighted by Gasteiger charge is 2.07. The van der Waals surface area contributed by atoms with E-state index in [-0.39, 0.29) is 11.5 Å². The number of carbonyl (C=O) groups is 2. The van der Waals surface area contributed by atoms with Crippen molar-refractivity contribution >= 4 is 17.6 Å². The Balaban J connectivity index is 2.18. The molecule has 0 aliphatic carbocycles. The van der Waals surface area contributed by atoms with Gasteiger partial charge in [0.15, 0.2) is 0 Å². The van der Waals surface area contributed by atoms with Crippen LogP contribution in [0.2, 0.25) is 0 Å². The quantitative estimate of drug-likeness (QED) is 0.908. The van der Waals surface area contributed by atoms with Crippen LogP contribution in [0.25, 0.3) is 0 Å². The number of carboxylic acids is 1. The first-order valence-electron chi connectivity index (χ1n) is 5.87.